The zero-order chi connectivity index (χ0) is 15.3. The number of rotatable bonds is 6. The summed E-state index contributed by atoms with van der Waals surface area (Å²) in [6.07, 6.45) is 5.67. The van der Waals surface area contributed by atoms with Gasteiger partial charge in [0.1, 0.15) is 10.1 Å². The average molecular weight is 322 g/mol. The molecule has 0 aliphatic heterocycles. The van der Waals surface area contributed by atoms with Crippen molar-refractivity contribution in [1.82, 2.24) is 9.97 Å². The second kappa shape index (κ2) is 11.2. The topological polar surface area (TPSA) is 63.1 Å². The fourth-order valence-electron chi connectivity index (χ4n) is 1.21. The van der Waals surface area contributed by atoms with Gasteiger partial charge in [0.25, 0.3) is 0 Å². The quantitative estimate of drug-likeness (QED) is 0.788. The minimum atomic E-state index is -0.693. The van der Waals surface area contributed by atoms with Crippen LogP contribution in [0.4, 0.5) is 0 Å². The van der Waals surface area contributed by atoms with Crippen LogP contribution in [0.5, 0.6) is 0 Å². The molecule has 0 spiro atoms. The maximum atomic E-state index is 9.76. The van der Waals surface area contributed by atoms with Gasteiger partial charge in [-0.2, -0.15) is 0 Å². The first kappa shape index (κ1) is 17.5. The fourth-order valence-corrected chi connectivity index (χ4v) is 2.96. The van der Waals surface area contributed by atoms with E-state index in [1.807, 2.05) is 43.3 Å². The van der Waals surface area contributed by atoms with Crippen LogP contribution >= 0.6 is 21.6 Å². The van der Waals surface area contributed by atoms with Crippen LogP contribution in [0.3, 0.4) is 0 Å². The predicted octanol–water partition coefficient (Wildman–Crippen LogP) is 4.54. The summed E-state index contributed by atoms with van der Waals surface area (Å²) < 4.78 is 0. The van der Waals surface area contributed by atoms with E-state index in [1.54, 1.807) is 34.0 Å². The lowest BCUT2D eigenvalue weighted by molar-refractivity contribution is -0.137. The molecule has 2 aromatic rings. The zero-order valence-corrected chi connectivity index (χ0v) is 13.4. The smallest absolute Gasteiger partial charge is 0.303 e. The van der Waals surface area contributed by atoms with E-state index in [1.165, 1.54) is 0 Å². The summed E-state index contributed by atoms with van der Waals surface area (Å²) in [5.74, 6) is -0.693. The van der Waals surface area contributed by atoms with Crippen molar-refractivity contribution in [1.29, 1.82) is 0 Å². The number of carboxylic acids is 1. The van der Waals surface area contributed by atoms with E-state index in [4.69, 9.17) is 5.11 Å². The molecule has 0 aliphatic rings. The number of aliphatic carboxylic acids is 1. The molecule has 0 atom stereocenters. The maximum absolute atomic E-state index is 9.76. The van der Waals surface area contributed by atoms with Gasteiger partial charge in [0.2, 0.25) is 0 Å². The molecule has 21 heavy (non-hydrogen) atoms. The molecule has 2 heterocycles. The molecule has 2 rings (SSSR count). The van der Waals surface area contributed by atoms with Gasteiger partial charge < -0.3 is 5.11 Å². The molecule has 0 aromatic carbocycles. The zero-order valence-electron chi connectivity index (χ0n) is 11.8. The third-order valence-corrected chi connectivity index (χ3v) is 4.41. The normalized spacial score (nSPS) is 9.57. The fraction of sp³-hybridized carbons (Fsp3) is 0.267. The van der Waals surface area contributed by atoms with Crippen molar-refractivity contribution in [3.05, 3.63) is 48.8 Å². The molecule has 0 bridgehead atoms. The van der Waals surface area contributed by atoms with Crippen molar-refractivity contribution in [3.8, 4) is 0 Å². The van der Waals surface area contributed by atoms with E-state index >= 15 is 0 Å². The Morgan fingerprint density at radius 3 is 1.86 bits per heavy atom. The van der Waals surface area contributed by atoms with E-state index in [-0.39, 0.29) is 0 Å². The van der Waals surface area contributed by atoms with Gasteiger partial charge in [-0.05, 0) is 52.3 Å². The lowest BCUT2D eigenvalue weighted by atomic mass is 10.3. The van der Waals surface area contributed by atoms with Crippen LogP contribution in [0.1, 0.15) is 26.2 Å². The molecule has 0 radical (unpaired) electrons. The van der Waals surface area contributed by atoms with Gasteiger partial charge in [0.05, 0.1) is 0 Å². The van der Waals surface area contributed by atoms with Gasteiger partial charge in [0, 0.05) is 18.8 Å². The summed E-state index contributed by atoms with van der Waals surface area (Å²) in [5.41, 5.74) is 0. The highest BCUT2D eigenvalue weighted by atomic mass is 33.1. The molecule has 112 valence electrons. The largest absolute Gasteiger partial charge is 0.481 e. The first-order valence-electron chi connectivity index (χ1n) is 6.60. The lowest BCUT2D eigenvalue weighted by Crippen LogP contribution is -1.91. The van der Waals surface area contributed by atoms with E-state index in [0.29, 0.717) is 6.42 Å². The van der Waals surface area contributed by atoms with Gasteiger partial charge in [-0.3, -0.25) is 4.79 Å². The molecular weight excluding hydrogens is 304 g/mol. The van der Waals surface area contributed by atoms with Gasteiger partial charge in [-0.1, -0.05) is 25.5 Å². The van der Waals surface area contributed by atoms with Crippen molar-refractivity contribution in [3.63, 3.8) is 0 Å². The van der Waals surface area contributed by atoms with E-state index < -0.39 is 5.97 Å². The molecule has 0 saturated carbocycles. The second-order valence-electron chi connectivity index (χ2n) is 4.00. The summed E-state index contributed by atoms with van der Waals surface area (Å²) in [6.45, 7) is 1.98. The summed E-state index contributed by atoms with van der Waals surface area (Å²) in [4.78, 5) is 18.2. The van der Waals surface area contributed by atoms with E-state index in [2.05, 4.69) is 9.97 Å². The molecule has 0 unspecified atom stereocenters. The van der Waals surface area contributed by atoms with Crippen molar-refractivity contribution in [2.45, 2.75) is 36.2 Å². The van der Waals surface area contributed by atoms with Crippen LogP contribution in [-0.4, -0.2) is 21.0 Å². The summed E-state index contributed by atoms with van der Waals surface area (Å²) >= 11 is 0. The van der Waals surface area contributed by atoms with Crippen molar-refractivity contribution < 1.29 is 9.90 Å². The molecule has 4 nitrogen and oxygen atoms in total. The van der Waals surface area contributed by atoms with Crippen LogP contribution in [0.25, 0.3) is 0 Å². The van der Waals surface area contributed by atoms with E-state index in [9.17, 15) is 4.79 Å². The van der Waals surface area contributed by atoms with Gasteiger partial charge >= 0.3 is 5.97 Å². The Morgan fingerprint density at radius 2 is 1.57 bits per heavy atom. The third-order valence-electron chi connectivity index (χ3n) is 2.23. The van der Waals surface area contributed by atoms with Crippen LogP contribution < -0.4 is 0 Å². The monoisotopic (exact) mass is 322 g/mol. The highest BCUT2D eigenvalue weighted by Gasteiger charge is 1.97. The van der Waals surface area contributed by atoms with Crippen molar-refractivity contribution in [2.75, 3.05) is 0 Å². The summed E-state index contributed by atoms with van der Waals surface area (Å²) in [7, 11) is 3.23. The Balaban J connectivity index is 0.000000270. The van der Waals surface area contributed by atoms with E-state index in [0.717, 1.165) is 22.9 Å². The van der Waals surface area contributed by atoms with Crippen molar-refractivity contribution in [2.24, 2.45) is 0 Å². The minimum absolute atomic E-state index is 0.316. The Bertz CT molecular complexity index is 470. The average Bonchev–Trinajstić information content (AvgIpc) is 2.53. The number of hydrogen-bond acceptors (Lipinski definition) is 5. The van der Waals surface area contributed by atoms with Crippen LogP contribution in [0.2, 0.25) is 0 Å². The number of nitrogens with zero attached hydrogens (tertiary/aromatic N) is 2. The first-order valence-corrected chi connectivity index (χ1v) is 8.75. The van der Waals surface area contributed by atoms with Crippen LogP contribution in [-0.2, 0) is 4.79 Å². The molecule has 6 heteroatoms. The lowest BCUT2D eigenvalue weighted by Gasteiger charge is -1.97. The third kappa shape index (κ3) is 9.10. The number of pyridine rings is 2. The standard InChI is InChI=1S/C10H8N2S2.C5H10O2/c1-3-7-11-9(5-1)13-14-10-6-2-4-8-12-10;1-2-3-4-5(6)7/h1-8H;2-4H2,1H3,(H,6,7). The summed E-state index contributed by atoms with van der Waals surface area (Å²) in [6, 6.07) is 11.8. The van der Waals surface area contributed by atoms with Crippen LogP contribution in [0.15, 0.2) is 58.8 Å². The molecule has 0 aliphatic carbocycles. The first-order chi connectivity index (χ1) is 10.2. The van der Waals surface area contributed by atoms with Crippen molar-refractivity contribution >= 4 is 27.6 Å². The van der Waals surface area contributed by atoms with Crippen LogP contribution in [0, 0.1) is 0 Å². The molecule has 1 N–H and O–H groups in total. The maximum Gasteiger partial charge on any atom is 0.303 e. The highest BCUT2D eigenvalue weighted by molar-refractivity contribution is 8.76. The number of carboxylic acid groups (broad SMARTS) is 1. The number of aromatic nitrogens is 2. The Kier molecular flexibility index (Phi) is 9.32. The Hall–Kier alpha value is -1.53. The number of unbranched alkanes of at least 4 members (excludes halogenated alkanes) is 1. The summed E-state index contributed by atoms with van der Waals surface area (Å²) in [5, 5.41) is 10.1. The molecule has 0 fully saturated rings. The van der Waals surface area contributed by atoms with Gasteiger partial charge in [-0.25, -0.2) is 9.97 Å². The second-order valence-corrected chi connectivity index (χ2v) is 6.17. The minimum Gasteiger partial charge on any atom is -0.481 e. The Labute approximate surface area is 132 Å². The van der Waals surface area contributed by atoms with Gasteiger partial charge in [0.15, 0.2) is 0 Å². The molecule has 0 amide bonds. The number of hydrogen-bond donors (Lipinski definition) is 1. The molecule has 2 aromatic heterocycles. The highest BCUT2D eigenvalue weighted by Crippen LogP contribution is 2.34. The number of carbonyl (C=O) groups is 1. The molecular formula is C15H18N2O2S2. The predicted molar refractivity (Wildman–Crippen MR) is 87.3 cm³/mol. The van der Waals surface area contributed by atoms with Gasteiger partial charge in [-0.15, -0.1) is 0 Å². The SMILES string of the molecule is CCCCC(=O)O.c1ccc(SSc2ccccn2)nc1. The molecule has 0 saturated heterocycles. The Morgan fingerprint density at radius 1 is 1.05 bits per heavy atom.